The number of hydrogen-bond donors (Lipinski definition) is 3. The molecule has 2 aromatic carbocycles. The predicted molar refractivity (Wildman–Crippen MR) is 114 cm³/mol. The second-order valence-corrected chi connectivity index (χ2v) is 8.14. The van der Waals surface area contributed by atoms with Crippen LogP contribution in [-0.2, 0) is 19.6 Å². The molecule has 0 aliphatic heterocycles. The lowest BCUT2D eigenvalue weighted by Crippen LogP contribution is -2.30. The SMILES string of the molecule is CC(OC(=O)c1ccccc1NC(=O)c1ccco1)C(=O)Nc1ccc(S(N)(=O)=O)cc1. The molecule has 1 heterocycles. The Morgan fingerprint density at radius 3 is 2.28 bits per heavy atom. The Labute approximate surface area is 183 Å². The number of benzene rings is 2. The molecule has 0 saturated carbocycles. The van der Waals surface area contributed by atoms with Crippen molar-refractivity contribution in [3.05, 3.63) is 78.3 Å². The molecule has 0 aliphatic carbocycles. The number of para-hydroxylation sites is 1. The molecule has 1 unspecified atom stereocenters. The number of rotatable bonds is 7. The minimum atomic E-state index is -3.86. The number of primary sulfonamides is 1. The monoisotopic (exact) mass is 457 g/mol. The van der Waals surface area contributed by atoms with Gasteiger partial charge in [-0.1, -0.05) is 12.1 Å². The van der Waals surface area contributed by atoms with E-state index in [2.05, 4.69) is 10.6 Å². The van der Waals surface area contributed by atoms with E-state index in [-0.39, 0.29) is 27.6 Å². The average Bonchev–Trinajstić information content (AvgIpc) is 3.29. The van der Waals surface area contributed by atoms with Gasteiger partial charge in [-0.3, -0.25) is 9.59 Å². The number of sulfonamides is 1. The highest BCUT2D eigenvalue weighted by atomic mass is 32.2. The fourth-order valence-electron chi connectivity index (χ4n) is 2.61. The summed E-state index contributed by atoms with van der Waals surface area (Å²) < 4.78 is 32.8. The molecule has 32 heavy (non-hydrogen) atoms. The number of furan rings is 1. The molecule has 3 rings (SSSR count). The van der Waals surface area contributed by atoms with Crippen LogP contribution >= 0.6 is 0 Å². The molecule has 1 atom stereocenters. The zero-order valence-corrected chi connectivity index (χ0v) is 17.6. The minimum Gasteiger partial charge on any atom is -0.459 e. The third-order valence-electron chi connectivity index (χ3n) is 4.24. The van der Waals surface area contributed by atoms with Crippen molar-refractivity contribution >= 4 is 39.2 Å². The summed E-state index contributed by atoms with van der Waals surface area (Å²) in [6.07, 6.45) is 0.159. The fourth-order valence-corrected chi connectivity index (χ4v) is 3.13. The van der Waals surface area contributed by atoms with Gasteiger partial charge in [-0.05, 0) is 55.5 Å². The lowest BCUT2D eigenvalue weighted by atomic mass is 10.1. The van der Waals surface area contributed by atoms with Gasteiger partial charge in [0.1, 0.15) is 0 Å². The summed E-state index contributed by atoms with van der Waals surface area (Å²) >= 11 is 0. The number of carbonyl (C=O) groups excluding carboxylic acids is 3. The molecule has 0 fully saturated rings. The molecule has 0 spiro atoms. The van der Waals surface area contributed by atoms with E-state index in [9.17, 15) is 22.8 Å². The zero-order valence-electron chi connectivity index (χ0n) is 16.8. The summed E-state index contributed by atoms with van der Waals surface area (Å²) in [7, 11) is -3.86. The van der Waals surface area contributed by atoms with E-state index in [1.165, 1.54) is 55.7 Å². The second kappa shape index (κ2) is 9.45. The van der Waals surface area contributed by atoms with E-state index < -0.39 is 33.9 Å². The highest BCUT2D eigenvalue weighted by Crippen LogP contribution is 2.19. The van der Waals surface area contributed by atoms with Gasteiger partial charge >= 0.3 is 5.97 Å². The Morgan fingerprint density at radius 2 is 1.66 bits per heavy atom. The largest absolute Gasteiger partial charge is 0.459 e. The van der Waals surface area contributed by atoms with Crippen LogP contribution in [0.4, 0.5) is 11.4 Å². The molecule has 4 N–H and O–H groups in total. The van der Waals surface area contributed by atoms with Gasteiger partial charge < -0.3 is 19.8 Å². The number of esters is 1. The average molecular weight is 457 g/mol. The molecule has 2 amide bonds. The molecule has 1 aromatic heterocycles. The molecule has 10 nitrogen and oxygen atoms in total. The van der Waals surface area contributed by atoms with Crippen molar-refractivity contribution in [2.45, 2.75) is 17.9 Å². The van der Waals surface area contributed by atoms with Crippen LogP contribution in [0.1, 0.15) is 27.8 Å². The van der Waals surface area contributed by atoms with E-state index in [4.69, 9.17) is 14.3 Å². The number of anilines is 2. The maximum atomic E-state index is 12.6. The fraction of sp³-hybridized carbons (Fsp3) is 0.0952. The van der Waals surface area contributed by atoms with E-state index in [1.807, 2.05) is 0 Å². The first kappa shape index (κ1) is 22.7. The van der Waals surface area contributed by atoms with E-state index in [0.717, 1.165) is 0 Å². The number of hydrogen-bond acceptors (Lipinski definition) is 7. The molecule has 0 radical (unpaired) electrons. The highest BCUT2D eigenvalue weighted by Gasteiger charge is 2.22. The Hall–Kier alpha value is -3.96. The van der Waals surface area contributed by atoms with Crippen molar-refractivity contribution in [1.82, 2.24) is 0 Å². The van der Waals surface area contributed by atoms with E-state index in [1.54, 1.807) is 18.2 Å². The third-order valence-corrected chi connectivity index (χ3v) is 5.17. The second-order valence-electron chi connectivity index (χ2n) is 6.58. The van der Waals surface area contributed by atoms with Gasteiger partial charge in [0, 0.05) is 5.69 Å². The lowest BCUT2D eigenvalue weighted by Gasteiger charge is -2.15. The quantitative estimate of drug-likeness (QED) is 0.459. The Morgan fingerprint density at radius 1 is 0.969 bits per heavy atom. The van der Waals surface area contributed by atoms with Gasteiger partial charge in [0.15, 0.2) is 11.9 Å². The maximum Gasteiger partial charge on any atom is 0.341 e. The lowest BCUT2D eigenvalue weighted by molar-refractivity contribution is -0.123. The molecule has 0 saturated heterocycles. The highest BCUT2D eigenvalue weighted by molar-refractivity contribution is 7.89. The normalized spacial score (nSPS) is 11.9. The van der Waals surface area contributed by atoms with Crippen LogP contribution in [0.25, 0.3) is 0 Å². The van der Waals surface area contributed by atoms with Crippen LogP contribution in [0, 0.1) is 0 Å². The van der Waals surface area contributed by atoms with Crippen molar-refractivity contribution in [1.29, 1.82) is 0 Å². The van der Waals surface area contributed by atoms with Gasteiger partial charge in [0.25, 0.3) is 11.8 Å². The summed E-state index contributed by atoms with van der Waals surface area (Å²) in [5.41, 5.74) is 0.520. The minimum absolute atomic E-state index is 0.0459. The number of ether oxygens (including phenoxy) is 1. The van der Waals surface area contributed by atoms with Crippen LogP contribution < -0.4 is 15.8 Å². The van der Waals surface area contributed by atoms with Gasteiger partial charge in [-0.25, -0.2) is 18.4 Å². The van der Waals surface area contributed by atoms with Gasteiger partial charge in [0.05, 0.1) is 22.4 Å². The summed E-state index contributed by atoms with van der Waals surface area (Å²) in [5, 5.41) is 10.1. The summed E-state index contributed by atoms with van der Waals surface area (Å²) in [6, 6.07) is 14.4. The molecule has 166 valence electrons. The first-order valence-electron chi connectivity index (χ1n) is 9.24. The van der Waals surface area contributed by atoms with Crippen LogP contribution in [0.15, 0.2) is 76.2 Å². The zero-order chi connectivity index (χ0) is 23.3. The summed E-state index contributed by atoms with van der Waals surface area (Å²) in [5.74, 6) is -1.95. The Kier molecular flexibility index (Phi) is 6.71. The summed E-state index contributed by atoms with van der Waals surface area (Å²) in [6.45, 7) is 1.37. The Balaban J connectivity index is 1.65. The van der Waals surface area contributed by atoms with E-state index in [0.29, 0.717) is 0 Å². The van der Waals surface area contributed by atoms with Gasteiger partial charge in [-0.15, -0.1) is 0 Å². The van der Waals surface area contributed by atoms with Gasteiger partial charge in [0.2, 0.25) is 10.0 Å². The first-order valence-corrected chi connectivity index (χ1v) is 10.8. The van der Waals surface area contributed by atoms with Crippen LogP contribution in [0.2, 0.25) is 0 Å². The van der Waals surface area contributed by atoms with Crippen LogP contribution in [0.3, 0.4) is 0 Å². The molecule has 3 aromatic rings. The molecular weight excluding hydrogens is 438 g/mol. The predicted octanol–water partition coefficient (Wildman–Crippen LogP) is 2.36. The third kappa shape index (κ3) is 5.59. The molecule has 0 bridgehead atoms. The van der Waals surface area contributed by atoms with Crippen molar-refractivity contribution in [2.75, 3.05) is 10.6 Å². The smallest absolute Gasteiger partial charge is 0.341 e. The molecule has 0 aliphatic rings. The first-order chi connectivity index (χ1) is 15.1. The molecular formula is C21H19N3O7S. The van der Waals surface area contributed by atoms with Crippen molar-refractivity contribution < 1.29 is 32.0 Å². The van der Waals surface area contributed by atoms with Crippen molar-refractivity contribution in [3.8, 4) is 0 Å². The molecule has 11 heteroatoms. The Bertz CT molecular complexity index is 1240. The van der Waals surface area contributed by atoms with Gasteiger partial charge in [-0.2, -0.15) is 0 Å². The van der Waals surface area contributed by atoms with Crippen LogP contribution in [0.5, 0.6) is 0 Å². The summed E-state index contributed by atoms with van der Waals surface area (Å²) in [4.78, 5) is 37.1. The number of amides is 2. The number of nitrogens with one attached hydrogen (secondary N) is 2. The standard InChI is InChI=1S/C21H19N3O7S/c1-13(19(25)23-14-8-10-15(11-9-14)32(22,28)29)31-21(27)16-5-2-3-6-17(16)24-20(26)18-7-4-12-30-18/h2-13H,1H3,(H,23,25)(H,24,26)(H2,22,28,29). The number of carbonyl (C=O) groups is 3. The van der Waals surface area contributed by atoms with Crippen molar-refractivity contribution in [2.24, 2.45) is 5.14 Å². The maximum absolute atomic E-state index is 12.6. The van der Waals surface area contributed by atoms with Crippen LogP contribution in [-0.4, -0.2) is 32.3 Å². The van der Waals surface area contributed by atoms with Crippen molar-refractivity contribution in [3.63, 3.8) is 0 Å². The van der Waals surface area contributed by atoms with E-state index >= 15 is 0 Å². The topological polar surface area (TPSA) is 158 Å². The number of nitrogens with two attached hydrogens (primary N) is 1.